The molecule has 0 atom stereocenters. The highest BCUT2D eigenvalue weighted by atomic mass is 16.2. The second kappa shape index (κ2) is 9.46. The maximum absolute atomic E-state index is 13.7. The Bertz CT molecular complexity index is 1940. The number of hydrogen-bond acceptors (Lipinski definition) is 6. The first-order chi connectivity index (χ1) is 18.9. The monoisotopic (exact) mass is 514 g/mol. The number of carbonyl (C=O) groups is 1. The molecule has 0 saturated carbocycles. The molecule has 0 unspecified atom stereocenters. The van der Waals surface area contributed by atoms with E-state index >= 15 is 0 Å². The van der Waals surface area contributed by atoms with Gasteiger partial charge >= 0.3 is 0 Å². The molecule has 1 aliphatic heterocycles. The molecule has 0 bridgehead atoms. The van der Waals surface area contributed by atoms with Gasteiger partial charge in [-0.2, -0.15) is 4.98 Å². The van der Waals surface area contributed by atoms with Gasteiger partial charge in [0.2, 0.25) is 5.95 Å². The number of amides is 1. The van der Waals surface area contributed by atoms with Crippen LogP contribution in [0.4, 0.5) is 5.69 Å². The summed E-state index contributed by atoms with van der Waals surface area (Å²) in [6.07, 6.45) is 1.74. The molecule has 1 aliphatic rings. The topological polar surface area (TPSA) is 113 Å². The molecule has 1 amide bonds. The highest BCUT2D eigenvalue weighted by molar-refractivity contribution is 6.33. The van der Waals surface area contributed by atoms with E-state index < -0.39 is 11.1 Å². The number of hydrogen-bond donors (Lipinski definition) is 1. The molecule has 0 fully saturated rings. The third-order valence-corrected chi connectivity index (χ3v) is 6.35. The second-order valence-electron chi connectivity index (χ2n) is 9.11. The van der Waals surface area contributed by atoms with Crippen LogP contribution in [0.25, 0.3) is 22.9 Å². The number of H-pyrrole nitrogens is 1. The number of aromatic amines is 1. The predicted octanol–water partition coefficient (Wildman–Crippen LogP) is 3.92. The van der Waals surface area contributed by atoms with E-state index in [1.165, 1.54) is 15.5 Å². The summed E-state index contributed by atoms with van der Waals surface area (Å²) in [6.45, 7) is 3.38. The number of nitrogens with zero attached hydrogens (tertiary/aromatic N) is 5. The first-order valence-corrected chi connectivity index (χ1v) is 12.3. The van der Waals surface area contributed by atoms with Crippen molar-refractivity contribution in [3.05, 3.63) is 134 Å². The van der Waals surface area contributed by atoms with Gasteiger partial charge in [-0.15, -0.1) is 0 Å². The van der Waals surface area contributed by atoms with Crippen LogP contribution < -0.4 is 16.0 Å². The number of aryl methyl sites for hydroxylation is 2. The molecule has 9 nitrogen and oxygen atoms in total. The van der Waals surface area contributed by atoms with E-state index in [0.29, 0.717) is 28.6 Å². The number of aromatic nitrogens is 4. The van der Waals surface area contributed by atoms with E-state index in [2.05, 4.69) is 15.0 Å². The fourth-order valence-electron chi connectivity index (χ4n) is 4.59. The van der Waals surface area contributed by atoms with Crippen LogP contribution in [0.1, 0.15) is 22.6 Å². The Morgan fingerprint density at radius 3 is 2.26 bits per heavy atom. The van der Waals surface area contributed by atoms with Crippen LogP contribution in [-0.4, -0.2) is 31.3 Å². The van der Waals surface area contributed by atoms with Gasteiger partial charge in [0.05, 0.1) is 16.6 Å². The van der Waals surface area contributed by atoms with Gasteiger partial charge in [0.15, 0.2) is 0 Å². The average Bonchev–Trinajstić information content (AvgIpc) is 3.24. The summed E-state index contributed by atoms with van der Waals surface area (Å²) in [6, 6.07) is 25.3. The molecule has 0 aliphatic carbocycles. The van der Waals surface area contributed by atoms with Gasteiger partial charge in [0, 0.05) is 17.3 Å². The van der Waals surface area contributed by atoms with Gasteiger partial charge in [-0.25, -0.2) is 14.5 Å². The van der Waals surface area contributed by atoms with Crippen LogP contribution in [0.3, 0.4) is 0 Å². The number of aliphatic imine (C=N–C) groups is 1. The van der Waals surface area contributed by atoms with E-state index in [9.17, 15) is 14.4 Å². The summed E-state index contributed by atoms with van der Waals surface area (Å²) >= 11 is 0. The Kier molecular flexibility index (Phi) is 5.80. The normalized spacial score (nSPS) is 14.3. The first kappa shape index (κ1) is 23.9. The molecular weight excluding hydrogens is 492 g/mol. The van der Waals surface area contributed by atoms with Crippen molar-refractivity contribution in [3.8, 4) is 5.95 Å². The van der Waals surface area contributed by atoms with Crippen molar-refractivity contribution in [3.63, 3.8) is 0 Å². The lowest BCUT2D eigenvalue weighted by Gasteiger charge is -2.19. The largest absolute Gasteiger partial charge is 0.329 e. The van der Waals surface area contributed by atoms with Crippen LogP contribution in [0, 0.1) is 13.8 Å². The van der Waals surface area contributed by atoms with E-state index in [1.807, 2.05) is 60.7 Å². The summed E-state index contributed by atoms with van der Waals surface area (Å²) in [7, 11) is 0. The lowest BCUT2D eigenvalue weighted by molar-refractivity contribution is -0.113. The van der Waals surface area contributed by atoms with Crippen LogP contribution in [0.5, 0.6) is 0 Å². The zero-order chi connectivity index (χ0) is 27.1. The molecular formula is C30H22N6O3. The van der Waals surface area contributed by atoms with Gasteiger partial charge in [-0.1, -0.05) is 60.7 Å². The second-order valence-corrected chi connectivity index (χ2v) is 9.11. The number of rotatable bonds is 4. The van der Waals surface area contributed by atoms with Crippen molar-refractivity contribution in [1.82, 2.24) is 19.5 Å². The van der Waals surface area contributed by atoms with Gasteiger partial charge < -0.3 is 4.98 Å². The fraction of sp³-hybridized carbons (Fsp3) is 0.0667. The number of amidine groups is 1. The van der Waals surface area contributed by atoms with Gasteiger partial charge in [0.25, 0.3) is 17.0 Å². The standard InChI is InChI=1S/C30H22N6O3/c1-18-15-26(37)34-30(31-18)35-19(2)32-24-14-13-22(17-23(24)28(35)38)36-27(21-11-7-4-8-12-21)33-25(29(36)39)16-20-9-5-3-6-10-20/h3-17H,1-2H3,(H,31,34,37). The molecule has 190 valence electrons. The zero-order valence-corrected chi connectivity index (χ0v) is 21.1. The van der Waals surface area contributed by atoms with Crippen molar-refractivity contribution in [2.75, 3.05) is 4.90 Å². The molecule has 0 radical (unpaired) electrons. The van der Waals surface area contributed by atoms with Crippen LogP contribution in [0.2, 0.25) is 0 Å². The van der Waals surface area contributed by atoms with Gasteiger partial charge in [0.1, 0.15) is 17.4 Å². The van der Waals surface area contributed by atoms with Crippen LogP contribution in [-0.2, 0) is 4.79 Å². The van der Waals surface area contributed by atoms with Gasteiger partial charge in [-0.05, 0) is 43.7 Å². The minimum Gasteiger partial charge on any atom is -0.329 e. The highest BCUT2D eigenvalue weighted by Gasteiger charge is 2.33. The van der Waals surface area contributed by atoms with E-state index in [1.54, 1.807) is 38.1 Å². The van der Waals surface area contributed by atoms with Crippen LogP contribution >= 0.6 is 0 Å². The van der Waals surface area contributed by atoms with E-state index in [4.69, 9.17) is 4.99 Å². The smallest absolute Gasteiger partial charge is 0.282 e. The van der Waals surface area contributed by atoms with Crippen LogP contribution in [0.15, 0.2) is 105 Å². The summed E-state index contributed by atoms with van der Waals surface area (Å²) in [5, 5.41) is 0.267. The molecule has 1 N–H and O–H groups in total. The Morgan fingerprint density at radius 1 is 0.821 bits per heavy atom. The summed E-state index contributed by atoms with van der Waals surface area (Å²) < 4.78 is 1.26. The first-order valence-electron chi connectivity index (χ1n) is 12.3. The number of carbonyl (C=O) groups excluding carboxylic acids is 1. The lowest BCUT2D eigenvalue weighted by Crippen LogP contribution is -2.33. The molecule has 0 spiro atoms. The van der Waals surface area contributed by atoms with E-state index in [0.717, 1.165) is 11.1 Å². The number of nitrogens with one attached hydrogen (secondary N) is 1. The minimum absolute atomic E-state index is 0.0826. The fourth-order valence-corrected chi connectivity index (χ4v) is 4.59. The summed E-state index contributed by atoms with van der Waals surface area (Å²) in [5.74, 6) is 0.583. The molecule has 6 rings (SSSR count). The maximum Gasteiger partial charge on any atom is 0.282 e. The Balaban J connectivity index is 1.52. The number of benzene rings is 3. The third-order valence-electron chi connectivity index (χ3n) is 6.35. The Morgan fingerprint density at radius 2 is 1.54 bits per heavy atom. The molecule has 9 heteroatoms. The third kappa shape index (κ3) is 4.36. The van der Waals surface area contributed by atoms with Gasteiger partial charge in [-0.3, -0.25) is 19.3 Å². The minimum atomic E-state index is -0.467. The maximum atomic E-state index is 13.7. The zero-order valence-electron chi connectivity index (χ0n) is 21.1. The lowest BCUT2D eigenvalue weighted by atomic mass is 10.1. The van der Waals surface area contributed by atoms with E-state index in [-0.39, 0.29) is 22.9 Å². The van der Waals surface area contributed by atoms with Crippen molar-refractivity contribution in [1.29, 1.82) is 0 Å². The number of anilines is 1. The van der Waals surface area contributed by atoms with Crippen molar-refractivity contribution in [2.45, 2.75) is 13.8 Å². The van der Waals surface area contributed by atoms with Crippen molar-refractivity contribution in [2.24, 2.45) is 4.99 Å². The molecule has 5 aromatic rings. The Hall–Kier alpha value is -5.44. The molecule has 2 aromatic heterocycles. The quantitative estimate of drug-likeness (QED) is 0.365. The molecule has 3 heterocycles. The molecule has 0 saturated heterocycles. The number of fused-ring (bicyclic) bond motifs is 1. The highest BCUT2D eigenvalue weighted by Crippen LogP contribution is 2.29. The summed E-state index contributed by atoms with van der Waals surface area (Å²) in [5.41, 5.74) is 2.48. The average molecular weight is 515 g/mol. The van der Waals surface area contributed by atoms with Crippen molar-refractivity contribution >= 4 is 34.4 Å². The molecule has 3 aromatic carbocycles. The molecule has 39 heavy (non-hydrogen) atoms. The summed E-state index contributed by atoms with van der Waals surface area (Å²) in [4.78, 5) is 57.2. The Labute approximate surface area is 222 Å². The SMILES string of the molecule is Cc1cc(=O)nc(-n2c(C)nc3ccc(N4C(=O)C(=Cc5ccccc5)N=C4c4ccccc4)cc3c2=O)[nH]1. The predicted molar refractivity (Wildman–Crippen MR) is 150 cm³/mol. The van der Waals surface area contributed by atoms with Crippen molar-refractivity contribution < 1.29 is 4.79 Å².